The van der Waals surface area contributed by atoms with Crippen molar-refractivity contribution in [3.05, 3.63) is 76.4 Å². The van der Waals surface area contributed by atoms with Gasteiger partial charge in [0.05, 0.1) is 6.61 Å². The Morgan fingerprint density at radius 1 is 1.29 bits per heavy atom. The molecule has 0 aromatic heterocycles. The molecule has 3 heteroatoms. The van der Waals surface area contributed by atoms with Gasteiger partial charge in [0, 0.05) is 13.5 Å². The predicted octanol–water partition coefficient (Wildman–Crippen LogP) is 3.56. The molecular formula is C21H21NO2. The van der Waals surface area contributed by atoms with Crippen molar-refractivity contribution in [3.8, 4) is 0 Å². The Labute approximate surface area is 142 Å². The van der Waals surface area contributed by atoms with Crippen LogP contribution in [0, 0.1) is 0 Å². The Balaban J connectivity index is 1.73. The highest BCUT2D eigenvalue weighted by molar-refractivity contribution is 5.84. The smallest absolute Gasteiger partial charge is 0.216 e. The fourth-order valence-electron chi connectivity index (χ4n) is 3.84. The second kappa shape index (κ2) is 6.25. The molecule has 0 radical (unpaired) electrons. The minimum absolute atomic E-state index is 0.0221. The first-order chi connectivity index (χ1) is 11.7. The number of fused-ring (bicyclic) bond motifs is 2. The van der Waals surface area contributed by atoms with Crippen molar-refractivity contribution in [1.82, 2.24) is 5.32 Å². The van der Waals surface area contributed by atoms with Crippen LogP contribution in [0.3, 0.4) is 0 Å². The Bertz CT molecular complexity index is 796. The van der Waals surface area contributed by atoms with Gasteiger partial charge in [-0.15, -0.1) is 0 Å². The molecule has 1 amide bonds. The summed E-state index contributed by atoms with van der Waals surface area (Å²) in [6.45, 7) is 2.92. The fraction of sp³-hybridized carbons (Fsp3) is 0.286. The molecule has 0 spiro atoms. The van der Waals surface area contributed by atoms with Crippen molar-refractivity contribution in [1.29, 1.82) is 0 Å². The fourth-order valence-corrected chi connectivity index (χ4v) is 3.84. The molecule has 122 valence electrons. The van der Waals surface area contributed by atoms with E-state index < -0.39 is 0 Å². The molecule has 24 heavy (non-hydrogen) atoms. The van der Waals surface area contributed by atoms with Crippen LogP contribution in [0.2, 0.25) is 0 Å². The summed E-state index contributed by atoms with van der Waals surface area (Å²) in [5, 5.41) is 2.94. The van der Waals surface area contributed by atoms with E-state index >= 15 is 0 Å². The first-order valence-electron chi connectivity index (χ1n) is 8.49. The van der Waals surface area contributed by atoms with Gasteiger partial charge in [-0.1, -0.05) is 48.6 Å². The largest absolute Gasteiger partial charge is 0.365 e. The standard InChI is InChI=1S/C21H21NO2/c1-14(23)22-11-9-17-19(15-5-3-2-4-6-15)13-16-7-8-20-18(21(16)17)10-12-24-20/h2-8,10,20H,9,11-13H2,1H3,(H,22,23). The van der Waals surface area contributed by atoms with Crippen molar-refractivity contribution in [2.75, 3.05) is 13.2 Å². The van der Waals surface area contributed by atoms with Crippen LogP contribution in [-0.2, 0) is 9.53 Å². The molecule has 3 nitrogen and oxygen atoms in total. The van der Waals surface area contributed by atoms with Crippen LogP contribution in [0.1, 0.15) is 25.3 Å². The maximum Gasteiger partial charge on any atom is 0.216 e. The van der Waals surface area contributed by atoms with Crippen LogP contribution in [0.4, 0.5) is 0 Å². The van der Waals surface area contributed by atoms with Gasteiger partial charge >= 0.3 is 0 Å². The van der Waals surface area contributed by atoms with Crippen LogP contribution in [-0.4, -0.2) is 25.2 Å². The molecule has 1 heterocycles. The zero-order chi connectivity index (χ0) is 16.5. The lowest BCUT2D eigenvalue weighted by atomic mass is 9.88. The van der Waals surface area contributed by atoms with Gasteiger partial charge in [0.1, 0.15) is 6.10 Å². The molecule has 0 saturated carbocycles. The molecule has 1 unspecified atom stereocenters. The monoisotopic (exact) mass is 319 g/mol. The van der Waals surface area contributed by atoms with Crippen molar-refractivity contribution in [2.45, 2.75) is 25.9 Å². The maximum absolute atomic E-state index is 11.3. The molecular weight excluding hydrogens is 298 g/mol. The van der Waals surface area contributed by atoms with Gasteiger partial charge in [0.25, 0.3) is 0 Å². The molecule has 1 aliphatic heterocycles. The number of benzene rings is 1. The second-order valence-corrected chi connectivity index (χ2v) is 6.41. The molecule has 0 bridgehead atoms. The second-order valence-electron chi connectivity index (χ2n) is 6.41. The Morgan fingerprint density at radius 2 is 2.12 bits per heavy atom. The van der Waals surface area contributed by atoms with E-state index in [1.807, 2.05) is 6.07 Å². The first-order valence-corrected chi connectivity index (χ1v) is 8.49. The Hall–Kier alpha value is -2.39. The SMILES string of the molecule is CC(=O)NCCC1=C(c2ccccc2)CC2=C1C1=CCOC1C=C2. The molecule has 0 saturated heterocycles. The topological polar surface area (TPSA) is 38.3 Å². The van der Waals surface area contributed by atoms with Crippen molar-refractivity contribution in [2.24, 2.45) is 0 Å². The zero-order valence-electron chi connectivity index (χ0n) is 13.8. The molecule has 3 aliphatic rings. The number of allylic oxidation sites excluding steroid dienone is 3. The zero-order valence-corrected chi connectivity index (χ0v) is 13.8. The lowest BCUT2D eigenvalue weighted by molar-refractivity contribution is -0.118. The summed E-state index contributed by atoms with van der Waals surface area (Å²) in [7, 11) is 0. The van der Waals surface area contributed by atoms with E-state index in [0.717, 1.165) is 12.8 Å². The van der Waals surface area contributed by atoms with E-state index in [4.69, 9.17) is 4.74 Å². The van der Waals surface area contributed by atoms with Crippen molar-refractivity contribution >= 4 is 11.5 Å². The van der Waals surface area contributed by atoms with Gasteiger partial charge in [-0.3, -0.25) is 4.79 Å². The first kappa shape index (κ1) is 15.2. The third-order valence-corrected chi connectivity index (χ3v) is 4.87. The van der Waals surface area contributed by atoms with Gasteiger partial charge in [0.2, 0.25) is 5.91 Å². The number of amides is 1. The molecule has 1 atom stereocenters. The summed E-state index contributed by atoms with van der Waals surface area (Å²) in [4.78, 5) is 11.3. The van der Waals surface area contributed by atoms with Crippen molar-refractivity contribution in [3.63, 3.8) is 0 Å². The van der Waals surface area contributed by atoms with Crippen LogP contribution in [0.5, 0.6) is 0 Å². The van der Waals surface area contributed by atoms with E-state index in [1.165, 1.54) is 33.4 Å². The molecule has 0 fully saturated rings. The van der Waals surface area contributed by atoms with Gasteiger partial charge < -0.3 is 10.1 Å². The van der Waals surface area contributed by atoms with Crippen LogP contribution in [0.25, 0.3) is 5.57 Å². The van der Waals surface area contributed by atoms with Crippen LogP contribution < -0.4 is 5.32 Å². The quantitative estimate of drug-likeness (QED) is 0.921. The van der Waals surface area contributed by atoms with Crippen LogP contribution >= 0.6 is 0 Å². The number of hydrogen-bond acceptors (Lipinski definition) is 2. The van der Waals surface area contributed by atoms with Gasteiger partial charge in [-0.25, -0.2) is 0 Å². The number of carbonyl (C=O) groups excluding carboxylic acids is 1. The molecule has 4 rings (SSSR count). The van der Waals surface area contributed by atoms with Crippen LogP contribution in [0.15, 0.2) is 70.9 Å². The Kier molecular flexibility index (Phi) is 3.95. The summed E-state index contributed by atoms with van der Waals surface area (Å²) in [6.07, 6.45) is 8.48. The minimum Gasteiger partial charge on any atom is -0.365 e. The average Bonchev–Trinajstić information content (AvgIpc) is 3.19. The lowest BCUT2D eigenvalue weighted by Crippen LogP contribution is -2.22. The number of carbonyl (C=O) groups is 1. The summed E-state index contributed by atoms with van der Waals surface area (Å²) in [5.74, 6) is 0.0221. The number of rotatable bonds is 4. The highest BCUT2D eigenvalue weighted by Gasteiger charge is 2.33. The third-order valence-electron chi connectivity index (χ3n) is 4.87. The summed E-state index contributed by atoms with van der Waals surface area (Å²) >= 11 is 0. The maximum atomic E-state index is 11.3. The number of nitrogens with one attached hydrogen (secondary N) is 1. The predicted molar refractivity (Wildman–Crippen MR) is 95.3 cm³/mol. The highest BCUT2D eigenvalue weighted by Crippen LogP contribution is 2.47. The number of ether oxygens (including phenoxy) is 1. The Morgan fingerprint density at radius 3 is 2.92 bits per heavy atom. The van der Waals surface area contributed by atoms with E-state index in [0.29, 0.717) is 13.2 Å². The van der Waals surface area contributed by atoms with E-state index in [-0.39, 0.29) is 12.0 Å². The summed E-state index contributed by atoms with van der Waals surface area (Å²) in [5.41, 5.74) is 8.04. The molecule has 1 aromatic carbocycles. The van der Waals surface area contributed by atoms with Crippen molar-refractivity contribution < 1.29 is 9.53 Å². The average molecular weight is 319 g/mol. The summed E-state index contributed by atoms with van der Waals surface area (Å²) in [6, 6.07) is 10.6. The van der Waals surface area contributed by atoms with E-state index in [9.17, 15) is 4.79 Å². The van der Waals surface area contributed by atoms with E-state index in [2.05, 4.69) is 47.8 Å². The summed E-state index contributed by atoms with van der Waals surface area (Å²) < 4.78 is 5.79. The lowest BCUT2D eigenvalue weighted by Gasteiger charge is -2.20. The van der Waals surface area contributed by atoms with E-state index in [1.54, 1.807) is 6.92 Å². The van der Waals surface area contributed by atoms with Gasteiger partial charge in [-0.05, 0) is 46.3 Å². The number of hydrogen-bond donors (Lipinski definition) is 1. The van der Waals surface area contributed by atoms with Gasteiger partial charge in [0.15, 0.2) is 0 Å². The molecule has 2 aliphatic carbocycles. The highest BCUT2D eigenvalue weighted by atomic mass is 16.5. The van der Waals surface area contributed by atoms with Gasteiger partial charge in [-0.2, -0.15) is 0 Å². The molecule has 1 aromatic rings. The third kappa shape index (κ3) is 2.65. The normalized spacial score (nSPS) is 21.7. The molecule has 1 N–H and O–H groups in total. The minimum atomic E-state index is 0.0221.